The molecule has 98 valence electrons. The maximum absolute atomic E-state index is 11.9. The third-order valence-electron chi connectivity index (χ3n) is 3.48. The Balaban J connectivity index is 2.46. The van der Waals surface area contributed by atoms with Gasteiger partial charge in [-0.15, -0.1) is 0 Å². The van der Waals surface area contributed by atoms with Crippen molar-refractivity contribution in [2.45, 2.75) is 39.2 Å². The summed E-state index contributed by atoms with van der Waals surface area (Å²) in [7, 11) is 0. The number of nitrogens with one attached hydrogen (secondary N) is 1. The van der Waals surface area contributed by atoms with Crippen molar-refractivity contribution in [1.29, 1.82) is 0 Å². The Morgan fingerprint density at radius 2 is 1.88 bits per heavy atom. The molecule has 0 aliphatic heterocycles. The second-order valence-electron chi connectivity index (χ2n) is 5.09. The molecule has 5 nitrogen and oxygen atoms in total. The molecule has 5 heteroatoms. The molecule has 0 aromatic heterocycles. The highest BCUT2D eigenvalue weighted by Crippen LogP contribution is 2.31. The zero-order valence-corrected chi connectivity index (χ0v) is 10.3. The fraction of sp³-hybridized carbons (Fsp3) is 0.833. The van der Waals surface area contributed by atoms with E-state index in [-0.39, 0.29) is 30.4 Å². The first-order valence-electron chi connectivity index (χ1n) is 6.09. The van der Waals surface area contributed by atoms with Crippen molar-refractivity contribution in [3.63, 3.8) is 0 Å². The molecule has 1 fully saturated rings. The third kappa shape index (κ3) is 3.70. The number of rotatable bonds is 5. The van der Waals surface area contributed by atoms with E-state index in [0.717, 1.165) is 0 Å². The Labute approximate surface area is 101 Å². The minimum Gasteiger partial charge on any atom is -0.481 e. The molecular weight excluding hydrogens is 222 g/mol. The van der Waals surface area contributed by atoms with Crippen LogP contribution in [-0.4, -0.2) is 34.7 Å². The zero-order valence-electron chi connectivity index (χ0n) is 10.3. The first kappa shape index (κ1) is 14.0. The maximum Gasteiger partial charge on any atom is 0.306 e. The van der Waals surface area contributed by atoms with Gasteiger partial charge in [0, 0.05) is 5.92 Å². The zero-order chi connectivity index (χ0) is 13.0. The number of hydrogen-bond acceptors (Lipinski definition) is 3. The normalized spacial score (nSPS) is 25.9. The van der Waals surface area contributed by atoms with Gasteiger partial charge in [-0.05, 0) is 25.2 Å². The third-order valence-corrected chi connectivity index (χ3v) is 3.48. The van der Waals surface area contributed by atoms with Crippen LogP contribution in [0.5, 0.6) is 0 Å². The molecule has 17 heavy (non-hydrogen) atoms. The highest BCUT2D eigenvalue weighted by molar-refractivity contribution is 5.81. The van der Waals surface area contributed by atoms with Crippen LogP contribution in [0.1, 0.15) is 33.1 Å². The number of aliphatic carboxylic acids is 1. The summed E-state index contributed by atoms with van der Waals surface area (Å²) in [6.45, 7) is 3.77. The van der Waals surface area contributed by atoms with E-state index in [0.29, 0.717) is 19.3 Å². The van der Waals surface area contributed by atoms with Crippen molar-refractivity contribution < 1.29 is 19.8 Å². The van der Waals surface area contributed by atoms with E-state index in [1.54, 1.807) is 0 Å². The minimum atomic E-state index is -0.817. The molecule has 0 heterocycles. The number of amides is 1. The van der Waals surface area contributed by atoms with Gasteiger partial charge < -0.3 is 15.5 Å². The fourth-order valence-corrected chi connectivity index (χ4v) is 2.17. The molecule has 3 N–H and O–H groups in total. The lowest BCUT2D eigenvalue weighted by Gasteiger charge is -2.22. The molecule has 0 bridgehead atoms. The molecule has 1 unspecified atom stereocenters. The van der Waals surface area contributed by atoms with Crippen LogP contribution in [0.2, 0.25) is 0 Å². The Bertz CT molecular complexity index is 290. The minimum absolute atomic E-state index is 0.0848. The van der Waals surface area contributed by atoms with E-state index in [9.17, 15) is 9.59 Å². The van der Waals surface area contributed by atoms with Gasteiger partial charge in [0.25, 0.3) is 0 Å². The van der Waals surface area contributed by atoms with Crippen LogP contribution >= 0.6 is 0 Å². The van der Waals surface area contributed by atoms with Gasteiger partial charge in [-0.2, -0.15) is 0 Å². The van der Waals surface area contributed by atoms with Crippen LogP contribution in [-0.2, 0) is 9.59 Å². The van der Waals surface area contributed by atoms with Crippen LogP contribution in [0.15, 0.2) is 0 Å². The first-order valence-corrected chi connectivity index (χ1v) is 6.09. The molecule has 0 radical (unpaired) electrons. The highest BCUT2D eigenvalue weighted by atomic mass is 16.4. The van der Waals surface area contributed by atoms with E-state index in [2.05, 4.69) is 5.32 Å². The van der Waals surface area contributed by atoms with Crippen LogP contribution < -0.4 is 5.32 Å². The summed E-state index contributed by atoms with van der Waals surface area (Å²) in [5, 5.41) is 20.8. The molecule has 0 aromatic carbocycles. The van der Waals surface area contributed by atoms with Crippen molar-refractivity contribution in [3.05, 3.63) is 0 Å². The smallest absolute Gasteiger partial charge is 0.306 e. The van der Waals surface area contributed by atoms with Gasteiger partial charge in [0.05, 0.1) is 18.6 Å². The van der Waals surface area contributed by atoms with Gasteiger partial charge in [0.15, 0.2) is 0 Å². The average Bonchev–Trinajstić information content (AvgIpc) is 2.74. The molecule has 0 aromatic rings. The van der Waals surface area contributed by atoms with Gasteiger partial charge in [-0.3, -0.25) is 9.59 Å². The second kappa shape index (κ2) is 6.00. The Morgan fingerprint density at radius 1 is 1.29 bits per heavy atom. The number of aliphatic hydroxyl groups excluding tert-OH is 1. The number of carboxylic acids is 1. The van der Waals surface area contributed by atoms with Crippen molar-refractivity contribution in [1.82, 2.24) is 5.32 Å². The quantitative estimate of drug-likeness (QED) is 0.660. The van der Waals surface area contributed by atoms with Crippen molar-refractivity contribution in [3.8, 4) is 0 Å². The van der Waals surface area contributed by atoms with Crippen LogP contribution in [0, 0.1) is 17.8 Å². The lowest BCUT2D eigenvalue weighted by atomic mass is 10.0. The molecule has 3 atom stereocenters. The summed E-state index contributed by atoms with van der Waals surface area (Å²) in [6.07, 6.45) is 1.61. The SMILES string of the molecule is CC(C)C(CO)NC(=O)[C@@H]1CC[C@H](C(=O)O)C1. The Morgan fingerprint density at radius 3 is 2.29 bits per heavy atom. The number of carbonyl (C=O) groups is 2. The standard InChI is InChI=1S/C12H21NO4/c1-7(2)10(6-14)13-11(15)8-3-4-9(5-8)12(16)17/h7-10,14H,3-6H2,1-2H3,(H,13,15)(H,16,17)/t8-,9+,10?/m1/s1. The molecule has 1 aliphatic rings. The topological polar surface area (TPSA) is 86.6 Å². The largest absolute Gasteiger partial charge is 0.481 e. The summed E-state index contributed by atoms with van der Waals surface area (Å²) >= 11 is 0. The van der Waals surface area contributed by atoms with E-state index in [1.807, 2.05) is 13.8 Å². The fourth-order valence-electron chi connectivity index (χ4n) is 2.17. The second-order valence-corrected chi connectivity index (χ2v) is 5.09. The summed E-state index contributed by atoms with van der Waals surface area (Å²) in [5.74, 6) is -1.38. The van der Waals surface area contributed by atoms with Crippen molar-refractivity contribution in [2.24, 2.45) is 17.8 Å². The molecule has 1 saturated carbocycles. The molecule has 1 amide bonds. The Hall–Kier alpha value is -1.10. The average molecular weight is 243 g/mol. The monoisotopic (exact) mass is 243 g/mol. The van der Waals surface area contributed by atoms with Crippen molar-refractivity contribution >= 4 is 11.9 Å². The molecular formula is C12H21NO4. The summed E-state index contributed by atoms with van der Waals surface area (Å²) in [5.41, 5.74) is 0. The predicted octanol–water partition coefficient (Wildman–Crippen LogP) is 0.620. The number of carbonyl (C=O) groups excluding carboxylic acids is 1. The highest BCUT2D eigenvalue weighted by Gasteiger charge is 2.34. The predicted molar refractivity (Wildman–Crippen MR) is 62.3 cm³/mol. The van der Waals surface area contributed by atoms with Crippen molar-refractivity contribution in [2.75, 3.05) is 6.61 Å². The van der Waals surface area contributed by atoms with E-state index in [4.69, 9.17) is 10.2 Å². The van der Waals surface area contributed by atoms with Gasteiger partial charge in [-0.1, -0.05) is 13.8 Å². The summed E-state index contributed by atoms with van der Waals surface area (Å²) in [6, 6.07) is -0.244. The first-order chi connectivity index (χ1) is 7.95. The van der Waals surface area contributed by atoms with Crippen LogP contribution in [0.3, 0.4) is 0 Å². The molecule has 1 aliphatic carbocycles. The lowest BCUT2D eigenvalue weighted by molar-refractivity contribution is -0.141. The molecule has 0 saturated heterocycles. The Kier molecular flexibility index (Phi) is 4.93. The lowest BCUT2D eigenvalue weighted by Crippen LogP contribution is -2.43. The van der Waals surface area contributed by atoms with E-state index < -0.39 is 11.9 Å². The van der Waals surface area contributed by atoms with E-state index >= 15 is 0 Å². The summed E-state index contributed by atoms with van der Waals surface area (Å²) < 4.78 is 0. The van der Waals surface area contributed by atoms with Gasteiger partial charge in [-0.25, -0.2) is 0 Å². The van der Waals surface area contributed by atoms with Crippen LogP contribution in [0.25, 0.3) is 0 Å². The molecule has 0 spiro atoms. The molecule has 1 rings (SSSR count). The van der Waals surface area contributed by atoms with Gasteiger partial charge >= 0.3 is 5.97 Å². The van der Waals surface area contributed by atoms with Crippen LogP contribution in [0.4, 0.5) is 0 Å². The number of carboxylic acid groups (broad SMARTS) is 1. The maximum atomic E-state index is 11.9. The summed E-state index contributed by atoms with van der Waals surface area (Å²) in [4.78, 5) is 22.7. The number of aliphatic hydroxyl groups is 1. The van der Waals surface area contributed by atoms with Gasteiger partial charge in [0.1, 0.15) is 0 Å². The van der Waals surface area contributed by atoms with Gasteiger partial charge in [0.2, 0.25) is 5.91 Å². The van der Waals surface area contributed by atoms with E-state index in [1.165, 1.54) is 0 Å². The number of hydrogen-bond donors (Lipinski definition) is 3.